The van der Waals surface area contributed by atoms with E-state index in [9.17, 15) is 9.90 Å². The molecule has 0 saturated heterocycles. The second-order valence-electron chi connectivity index (χ2n) is 8.54. The predicted octanol–water partition coefficient (Wildman–Crippen LogP) is 4.37. The molecule has 0 aliphatic rings. The molecule has 10 heteroatoms. The van der Waals surface area contributed by atoms with Crippen molar-refractivity contribution in [2.75, 3.05) is 30.9 Å². The van der Waals surface area contributed by atoms with Crippen LogP contribution in [-0.4, -0.2) is 47.0 Å². The summed E-state index contributed by atoms with van der Waals surface area (Å²) in [5.41, 5.74) is 1.78. The molecule has 4 N–H and O–H groups in total. The summed E-state index contributed by atoms with van der Waals surface area (Å²) in [6.07, 6.45) is 0.948. The molecule has 0 saturated carbocycles. The molecule has 0 atom stereocenters. The number of nitrogens with zero attached hydrogens (tertiary/aromatic N) is 2. The van der Waals surface area contributed by atoms with Gasteiger partial charge in [-0.1, -0.05) is 12.1 Å². The van der Waals surface area contributed by atoms with Gasteiger partial charge in [-0.05, 0) is 50.6 Å². The van der Waals surface area contributed by atoms with Crippen molar-refractivity contribution in [2.24, 2.45) is 0 Å². The van der Waals surface area contributed by atoms with Crippen molar-refractivity contribution in [3.63, 3.8) is 0 Å². The Hall–Kier alpha value is -4.05. The fourth-order valence-corrected chi connectivity index (χ4v) is 3.03. The van der Waals surface area contributed by atoms with Gasteiger partial charge in [0.1, 0.15) is 30.2 Å². The van der Waals surface area contributed by atoms with E-state index in [2.05, 4.69) is 25.9 Å². The molecule has 0 bridgehead atoms. The highest BCUT2D eigenvalue weighted by molar-refractivity contribution is 5.67. The molecule has 1 aromatic heterocycles. The van der Waals surface area contributed by atoms with Crippen molar-refractivity contribution in [3.05, 3.63) is 60.4 Å². The van der Waals surface area contributed by atoms with Gasteiger partial charge in [-0.3, -0.25) is 0 Å². The maximum absolute atomic E-state index is 11.8. The summed E-state index contributed by atoms with van der Waals surface area (Å²) in [6.45, 7) is 5.88. The van der Waals surface area contributed by atoms with Crippen molar-refractivity contribution in [2.45, 2.75) is 33.0 Å². The van der Waals surface area contributed by atoms with Crippen LogP contribution in [0, 0.1) is 0 Å². The maximum atomic E-state index is 11.8. The maximum Gasteiger partial charge on any atom is 0.407 e. The number of nitrogens with one attached hydrogen (secondary N) is 3. The molecule has 186 valence electrons. The van der Waals surface area contributed by atoms with Crippen LogP contribution < -0.4 is 25.4 Å². The number of benzene rings is 2. The van der Waals surface area contributed by atoms with E-state index in [0.29, 0.717) is 23.1 Å². The van der Waals surface area contributed by atoms with Crippen LogP contribution in [0.4, 0.5) is 27.8 Å². The second kappa shape index (κ2) is 11.9. The Morgan fingerprint density at radius 1 is 0.971 bits per heavy atom. The molecule has 2 aromatic carbocycles. The number of carbonyl (C=O) groups is 1. The number of ether oxygens (including phenoxy) is 3. The molecule has 0 fully saturated rings. The third kappa shape index (κ3) is 8.35. The molecule has 0 aliphatic carbocycles. The van der Waals surface area contributed by atoms with Gasteiger partial charge in [0.05, 0.1) is 20.3 Å². The van der Waals surface area contributed by atoms with Crippen molar-refractivity contribution >= 4 is 29.1 Å². The number of hydrogen-bond donors (Lipinski definition) is 4. The Kier molecular flexibility index (Phi) is 8.69. The van der Waals surface area contributed by atoms with Gasteiger partial charge >= 0.3 is 6.09 Å². The molecule has 35 heavy (non-hydrogen) atoms. The van der Waals surface area contributed by atoms with E-state index < -0.39 is 11.7 Å². The van der Waals surface area contributed by atoms with Gasteiger partial charge in [-0.25, -0.2) is 14.8 Å². The number of methoxy groups -OCH3 is 1. The highest BCUT2D eigenvalue weighted by Crippen LogP contribution is 2.31. The number of amides is 1. The monoisotopic (exact) mass is 481 g/mol. The first-order chi connectivity index (χ1) is 16.8. The zero-order chi connectivity index (χ0) is 25.3. The van der Waals surface area contributed by atoms with Crippen LogP contribution >= 0.6 is 0 Å². The Bertz CT molecular complexity index is 1130. The van der Waals surface area contributed by atoms with E-state index in [0.717, 1.165) is 16.9 Å². The Balaban J connectivity index is 1.61. The van der Waals surface area contributed by atoms with Gasteiger partial charge in [0, 0.05) is 23.5 Å². The summed E-state index contributed by atoms with van der Waals surface area (Å²) in [7, 11) is 1.56. The first-order valence-corrected chi connectivity index (χ1v) is 11.1. The minimum atomic E-state index is -0.562. The van der Waals surface area contributed by atoms with Crippen molar-refractivity contribution in [3.8, 4) is 11.5 Å². The van der Waals surface area contributed by atoms with Gasteiger partial charge in [-0.15, -0.1) is 0 Å². The molecule has 1 amide bonds. The molecule has 3 aromatic rings. The number of carbonyl (C=O) groups excluding carboxylic acids is 1. The Morgan fingerprint density at radius 3 is 2.34 bits per heavy atom. The van der Waals surface area contributed by atoms with E-state index in [1.165, 1.54) is 6.33 Å². The van der Waals surface area contributed by atoms with Crippen LogP contribution in [0.15, 0.2) is 54.9 Å². The van der Waals surface area contributed by atoms with Gasteiger partial charge in [0.25, 0.3) is 0 Å². The summed E-state index contributed by atoms with van der Waals surface area (Å²) >= 11 is 0. The van der Waals surface area contributed by atoms with Gasteiger partial charge in [0.15, 0.2) is 11.5 Å². The molecule has 0 spiro atoms. The average molecular weight is 482 g/mol. The van der Waals surface area contributed by atoms with E-state index in [1.807, 2.05) is 30.3 Å². The number of aromatic nitrogens is 2. The van der Waals surface area contributed by atoms with Crippen molar-refractivity contribution < 1.29 is 24.1 Å². The summed E-state index contributed by atoms with van der Waals surface area (Å²) in [4.78, 5) is 20.3. The van der Waals surface area contributed by atoms with Crippen LogP contribution in [0.25, 0.3) is 0 Å². The smallest absolute Gasteiger partial charge is 0.407 e. The van der Waals surface area contributed by atoms with Gasteiger partial charge in [-0.2, -0.15) is 0 Å². The molecular formula is C25H31N5O5. The number of aliphatic hydroxyl groups excluding tert-OH is 1. The average Bonchev–Trinajstić information content (AvgIpc) is 2.81. The lowest BCUT2D eigenvalue weighted by Crippen LogP contribution is -2.34. The number of aliphatic hydroxyl groups is 1. The van der Waals surface area contributed by atoms with Crippen molar-refractivity contribution in [1.82, 2.24) is 15.3 Å². The lowest BCUT2D eigenvalue weighted by Gasteiger charge is -2.19. The predicted molar refractivity (Wildman–Crippen MR) is 134 cm³/mol. The van der Waals surface area contributed by atoms with E-state index in [4.69, 9.17) is 14.2 Å². The van der Waals surface area contributed by atoms with Gasteiger partial charge < -0.3 is 35.3 Å². The SMILES string of the molecule is COc1ccc(Nc2cc(Nc3cccc(CO)c3)ncn2)cc1OCCNC(=O)OC(C)(C)C. The number of rotatable bonds is 10. The third-order valence-electron chi connectivity index (χ3n) is 4.51. The van der Waals surface area contributed by atoms with Crippen LogP contribution in [0.1, 0.15) is 26.3 Å². The molecule has 0 aliphatic heterocycles. The second-order valence-corrected chi connectivity index (χ2v) is 8.54. The zero-order valence-corrected chi connectivity index (χ0v) is 20.3. The Morgan fingerprint density at radius 2 is 1.69 bits per heavy atom. The van der Waals surface area contributed by atoms with Crippen molar-refractivity contribution in [1.29, 1.82) is 0 Å². The van der Waals surface area contributed by atoms with E-state index >= 15 is 0 Å². The lowest BCUT2D eigenvalue weighted by atomic mass is 10.2. The minimum absolute atomic E-state index is 0.0367. The van der Waals surface area contributed by atoms with E-state index in [1.54, 1.807) is 46.1 Å². The molecule has 3 rings (SSSR count). The summed E-state index contributed by atoms with van der Waals surface area (Å²) in [6, 6.07) is 14.6. The third-order valence-corrected chi connectivity index (χ3v) is 4.51. The molecule has 10 nitrogen and oxygen atoms in total. The number of hydrogen-bond acceptors (Lipinski definition) is 9. The zero-order valence-electron chi connectivity index (χ0n) is 20.3. The molecule has 0 radical (unpaired) electrons. The topological polar surface area (TPSA) is 127 Å². The normalized spacial score (nSPS) is 10.9. The standard InChI is InChI=1S/C25H31N5O5/c1-25(2,3)35-24(32)26-10-11-34-21-13-19(8-9-20(21)33-4)30-23-14-22(27-16-28-23)29-18-7-5-6-17(12-18)15-31/h5-9,12-14,16,31H,10-11,15H2,1-4H3,(H,26,32)(H2,27,28,29,30). The van der Waals surface area contributed by atoms with Crippen LogP contribution in [0.3, 0.4) is 0 Å². The van der Waals surface area contributed by atoms with Crippen LogP contribution in [0.2, 0.25) is 0 Å². The van der Waals surface area contributed by atoms with Crippen LogP contribution in [-0.2, 0) is 11.3 Å². The highest BCUT2D eigenvalue weighted by Gasteiger charge is 2.15. The van der Waals surface area contributed by atoms with E-state index in [-0.39, 0.29) is 19.8 Å². The first-order valence-electron chi connectivity index (χ1n) is 11.1. The quantitative estimate of drug-likeness (QED) is 0.312. The lowest BCUT2D eigenvalue weighted by molar-refractivity contribution is 0.0520. The van der Waals surface area contributed by atoms with Crippen LogP contribution in [0.5, 0.6) is 11.5 Å². The fraction of sp³-hybridized carbons (Fsp3) is 0.320. The summed E-state index contributed by atoms with van der Waals surface area (Å²) in [5, 5.41) is 18.4. The molecular weight excluding hydrogens is 450 g/mol. The molecule has 1 heterocycles. The fourth-order valence-electron chi connectivity index (χ4n) is 3.03. The highest BCUT2D eigenvalue weighted by atomic mass is 16.6. The summed E-state index contributed by atoms with van der Waals surface area (Å²) < 4.78 is 16.4. The minimum Gasteiger partial charge on any atom is -0.493 e. The largest absolute Gasteiger partial charge is 0.493 e. The molecule has 0 unspecified atom stereocenters. The van der Waals surface area contributed by atoms with Gasteiger partial charge in [0.2, 0.25) is 0 Å². The number of alkyl carbamates (subject to hydrolysis) is 1. The number of anilines is 4. The summed E-state index contributed by atoms with van der Waals surface area (Å²) in [5.74, 6) is 2.23. The first kappa shape index (κ1) is 25.6. The Labute approximate surface area is 204 Å².